The van der Waals surface area contributed by atoms with Crippen molar-refractivity contribution in [3.8, 4) is 0 Å². The SMILES string of the molecule is CCC(CC)(CNS(=O)(=O)c1cc(CO)oc1C)SC. The first-order chi connectivity index (χ1) is 9.34. The lowest BCUT2D eigenvalue weighted by Gasteiger charge is -2.29. The van der Waals surface area contributed by atoms with Gasteiger partial charge in [-0.05, 0) is 26.0 Å². The van der Waals surface area contributed by atoms with Gasteiger partial charge in [0.05, 0.1) is 0 Å². The van der Waals surface area contributed by atoms with Crippen molar-refractivity contribution < 1.29 is 17.9 Å². The summed E-state index contributed by atoms with van der Waals surface area (Å²) < 4.78 is 32.4. The molecular formula is C13H23NO4S2. The standard InChI is InChI=1S/C13H23NO4S2/c1-5-13(6-2,19-4)9-14-20(16,17)12-7-11(8-15)18-10(12)3/h7,14-15H,5-6,8-9H2,1-4H3. The maximum atomic E-state index is 12.3. The molecule has 1 heterocycles. The van der Waals surface area contributed by atoms with Crippen molar-refractivity contribution in [3.63, 3.8) is 0 Å². The van der Waals surface area contributed by atoms with Gasteiger partial charge in [0.2, 0.25) is 10.0 Å². The predicted molar refractivity (Wildman–Crippen MR) is 81.4 cm³/mol. The van der Waals surface area contributed by atoms with Gasteiger partial charge in [-0.25, -0.2) is 13.1 Å². The summed E-state index contributed by atoms with van der Waals surface area (Å²) in [6.07, 6.45) is 3.77. The molecule has 0 unspecified atom stereocenters. The van der Waals surface area contributed by atoms with Crippen molar-refractivity contribution in [1.82, 2.24) is 4.72 Å². The number of hydrogen-bond donors (Lipinski definition) is 2. The molecule has 1 rings (SSSR count). The minimum atomic E-state index is -3.61. The summed E-state index contributed by atoms with van der Waals surface area (Å²) in [7, 11) is -3.61. The summed E-state index contributed by atoms with van der Waals surface area (Å²) >= 11 is 1.68. The van der Waals surface area contributed by atoms with Gasteiger partial charge >= 0.3 is 0 Å². The molecule has 0 radical (unpaired) electrons. The van der Waals surface area contributed by atoms with Crippen LogP contribution in [-0.2, 0) is 16.6 Å². The van der Waals surface area contributed by atoms with Gasteiger partial charge in [0, 0.05) is 17.4 Å². The Kier molecular flexibility index (Phi) is 6.12. The predicted octanol–water partition coefficient (Wildman–Crippen LogP) is 2.28. The molecular weight excluding hydrogens is 298 g/mol. The first kappa shape index (κ1) is 17.6. The molecule has 0 aliphatic carbocycles. The van der Waals surface area contributed by atoms with Gasteiger partial charge in [-0.15, -0.1) is 0 Å². The van der Waals surface area contributed by atoms with E-state index in [0.29, 0.717) is 12.3 Å². The third-order valence-corrected chi connectivity index (χ3v) is 6.77. The first-order valence-corrected chi connectivity index (χ1v) is 9.30. The Bertz CT molecular complexity index is 524. The number of aliphatic hydroxyl groups is 1. The lowest BCUT2D eigenvalue weighted by Crippen LogP contribution is -2.39. The van der Waals surface area contributed by atoms with Gasteiger partial charge < -0.3 is 9.52 Å². The molecule has 1 aromatic rings. The zero-order chi connectivity index (χ0) is 15.4. The Balaban J connectivity index is 2.92. The van der Waals surface area contributed by atoms with E-state index in [-0.39, 0.29) is 22.0 Å². The van der Waals surface area contributed by atoms with Gasteiger partial charge in [0.1, 0.15) is 23.0 Å². The highest BCUT2D eigenvalue weighted by molar-refractivity contribution is 8.00. The fourth-order valence-electron chi connectivity index (χ4n) is 2.03. The zero-order valence-corrected chi connectivity index (χ0v) is 14.0. The number of aryl methyl sites for hydroxylation is 1. The average molecular weight is 321 g/mol. The number of rotatable bonds is 8. The Labute approximate surface area is 125 Å². The smallest absolute Gasteiger partial charge is 0.244 e. The lowest BCUT2D eigenvalue weighted by molar-refractivity contribution is 0.244. The van der Waals surface area contributed by atoms with Crippen LogP contribution in [0.4, 0.5) is 0 Å². The number of furan rings is 1. The Morgan fingerprint density at radius 1 is 1.40 bits per heavy atom. The second-order valence-electron chi connectivity index (χ2n) is 4.71. The van der Waals surface area contributed by atoms with Crippen molar-refractivity contribution in [2.75, 3.05) is 12.8 Å². The number of hydrogen-bond acceptors (Lipinski definition) is 5. The Hall–Kier alpha value is -0.500. The van der Waals surface area contributed by atoms with E-state index in [1.54, 1.807) is 18.7 Å². The van der Waals surface area contributed by atoms with Crippen LogP contribution in [-0.4, -0.2) is 31.1 Å². The minimum absolute atomic E-state index is 0.0927. The molecule has 20 heavy (non-hydrogen) atoms. The maximum absolute atomic E-state index is 12.3. The lowest BCUT2D eigenvalue weighted by atomic mass is 10.0. The second kappa shape index (κ2) is 6.98. The summed E-state index contributed by atoms with van der Waals surface area (Å²) in [6.45, 7) is 5.76. The highest BCUT2D eigenvalue weighted by Gasteiger charge is 2.29. The van der Waals surface area contributed by atoms with Crippen molar-refractivity contribution in [2.45, 2.75) is 49.9 Å². The summed E-state index contributed by atoms with van der Waals surface area (Å²) in [6, 6.07) is 1.37. The van der Waals surface area contributed by atoms with Gasteiger partial charge in [0.25, 0.3) is 0 Å². The molecule has 0 saturated carbocycles. The van der Waals surface area contributed by atoms with Crippen molar-refractivity contribution in [1.29, 1.82) is 0 Å². The van der Waals surface area contributed by atoms with Crippen LogP contribution in [0.25, 0.3) is 0 Å². The van der Waals surface area contributed by atoms with Gasteiger partial charge in [-0.1, -0.05) is 13.8 Å². The molecule has 0 atom stereocenters. The van der Waals surface area contributed by atoms with Crippen LogP contribution < -0.4 is 4.72 Å². The molecule has 116 valence electrons. The van der Waals surface area contributed by atoms with Crippen LogP contribution in [0.5, 0.6) is 0 Å². The molecule has 2 N–H and O–H groups in total. The molecule has 0 aliphatic rings. The molecule has 0 saturated heterocycles. The number of thioether (sulfide) groups is 1. The highest BCUT2D eigenvalue weighted by atomic mass is 32.2. The fourth-order valence-corrected chi connectivity index (χ4v) is 4.25. The monoisotopic (exact) mass is 321 g/mol. The molecule has 0 bridgehead atoms. The van der Waals surface area contributed by atoms with E-state index in [9.17, 15) is 8.42 Å². The normalized spacial score (nSPS) is 12.8. The number of sulfonamides is 1. The number of nitrogens with one attached hydrogen (secondary N) is 1. The van der Waals surface area contributed by atoms with Crippen LogP contribution in [0, 0.1) is 6.92 Å². The van der Waals surface area contributed by atoms with Crippen LogP contribution >= 0.6 is 11.8 Å². The molecule has 1 aromatic heterocycles. The molecule has 0 amide bonds. The van der Waals surface area contributed by atoms with Crippen molar-refractivity contribution in [2.24, 2.45) is 0 Å². The third kappa shape index (κ3) is 3.78. The van der Waals surface area contributed by atoms with Crippen molar-refractivity contribution >= 4 is 21.8 Å². The van der Waals surface area contributed by atoms with Gasteiger partial charge in [-0.3, -0.25) is 0 Å². The molecule has 0 aliphatic heterocycles. The topological polar surface area (TPSA) is 79.5 Å². The van der Waals surface area contributed by atoms with E-state index in [0.717, 1.165) is 12.8 Å². The Morgan fingerprint density at radius 3 is 2.40 bits per heavy atom. The van der Waals surface area contributed by atoms with Crippen LogP contribution in [0.3, 0.4) is 0 Å². The summed E-state index contributed by atoms with van der Waals surface area (Å²) in [5, 5.41) is 9.00. The van der Waals surface area contributed by atoms with E-state index in [2.05, 4.69) is 18.6 Å². The molecule has 0 aromatic carbocycles. The highest BCUT2D eigenvalue weighted by Crippen LogP contribution is 2.30. The number of aliphatic hydroxyl groups excluding tert-OH is 1. The largest absolute Gasteiger partial charge is 0.462 e. The third-order valence-electron chi connectivity index (χ3n) is 3.67. The van der Waals surface area contributed by atoms with E-state index in [4.69, 9.17) is 9.52 Å². The molecule has 0 spiro atoms. The van der Waals surface area contributed by atoms with Gasteiger partial charge in [-0.2, -0.15) is 11.8 Å². The quantitative estimate of drug-likeness (QED) is 0.768. The van der Waals surface area contributed by atoms with Crippen molar-refractivity contribution in [3.05, 3.63) is 17.6 Å². The molecule has 0 fully saturated rings. The summed E-state index contributed by atoms with van der Waals surface area (Å²) in [4.78, 5) is 0.101. The summed E-state index contributed by atoms with van der Waals surface area (Å²) in [5.74, 6) is 0.550. The van der Waals surface area contributed by atoms with Crippen LogP contribution in [0.2, 0.25) is 0 Å². The van der Waals surface area contributed by atoms with E-state index < -0.39 is 10.0 Å². The van der Waals surface area contributed by atoms with E-state index in [1.165, 1.54) is 6.07 Å². The minimum Gasteiger partial charge on any atom is -0.462 e. The van der Waals surface area contributed by atoms with Crippen LogP contribution in [0.15, 0.2) is 15.4 Å². The van der Waals surface area contributed by atoms with E-state index in [1.807, 2.05) is 6.26 Å². The second-order valence-corrected chi connectivity index (χ2v) is 7.72. The van der Waals surface area contributed by atoms with Gasteiger partial charge in [0.15, 0.2) is 0 Å². The molecule has 5 nitrogen and oxygen atoms in total. The maximum Gasteiger partial charge on any atom is 0.244 e. The van der Waals surface area contributed by atoms with E-state index >= 15 is 0 Å². The zero-order valence-electron chi connectivity index (χ0n) is 12.4. The Morgan fingerprint density at radius 2 is 2.00 bits per heavy atom. The first-order valence-electron chi connectivity index (χ1n) is 6.59. The van der Waals surface area contributed by atoms with Crippen LogP contribution in [0.1, 0.15) is 38.2 Å². The summed E-state index contributed by atoms with van der Waals surface area (Å²) in [5.41, 5.74) is 0. The molecule has 7 heteroatoms. The fraction of sp³-hybridized carbons (Fsp3) is 0.692. The average Bonchev–Trinajstić information content (AvgIpc) is 2.83.